The van der Waals surface area contributed by atoms with Crippen LogP contribution in [0.5, 0.6) is 5.75 Å². The van der Waals surface area contributed by atoms with Crippen LogP contribution < -0.4 is 15.4 Å². The van der Waals surface area contributed by atoms with Crippen LogP contribution in [0, 0.1) is 6.92 Å². The molecule has 0 bridgehead atoms. The fourth-order valence-corrected chi connectivity index (χ4v) is 2.23. The van der Waals surface area contributed by atoms with Gasteiger partial charge in [-0.05, 0) is 42.8 Å². The highest BCUT2D eigenvalue weighted by Crippen LogP contribution is 2.18. The Labute approximate surface area is 145 Å². The number of methoxy groups -OCH3 is 1. The van der Waals surface area contributed by atoms with Gasteiger partial charge in [-0.3, -0.25) is 4.79 Å². The van der Waals surface area contributed by atoms with Crippen LogP contribution in [0.3, 0.4) is 0 Å². The summed E-state index contributed by atoms with van der Waals surface area (Å²) in [5, 5.41) is 5.95. The van der Waals surface area contributed by atoms with Crippen molar-refractivity contribution in [1.82, 2.24) is 9.97 Å². The minimum atomic E-state index is -0.319. The number of para-hydroxylation sites is 1. The van der Waals surface area contributed by atoms with Crippen molar-refractivity contribution in [1.29, 1.82) is 0 Å². The highest BCUT2D eigenvalue weighted by Gasteiger charge is 2.09. The SMILES string of the molecule is COc1ccc(NC(=O)c2cnc(Nc3ccccc3C)cn2)cc1. The Bertz CT molecular complexity index is 861. The molecule has 1 heterocycles. The topological polar surface area (TPSA) is 76.1 Å². The molecule has 0 fully saturated rings. The normalized spacial score (nSPS) is 10.2. The number of rotatable bonds is 5. The molecule has 0 radical (unpaired) electrons. The average molecular weight is 334 g/mol. The zero-order valence-corrected chi connectivity index (χ0v) is 14.0. The number of nitrogens with zero attached hydrogens (tertiary/aromatic N) is 2. The van der Waals surface area contributed by atoms with Crippen molar-refractivity contribution in [2.24, 2.45) is 0 Å². The van der Waals surface area contributed by atoms with Gasteiger partial charge in [0.25, 0.3) is 5.91 Å². The number of benzene rings is 2. The Morgan fingerprint density at radius 2 is 1.76 bits per heavy atom. The number of aromatic nitrogens is 2. The minimum Gasteiger partial charge on any atom is -0.497 e. The molecular formula is C19H18N4O2. The highest BCUT2D eigenvalue weighted by atomic mass is 16.5. The molecule has 6 nitrogen and oxygen atoms in total. The summed E-state index contributed by atoms with van der Waals surface area (Å²) in [6, 6.07) is 15.0. The smallest absolute Gasteiger partial charge is 0.275 e. The summed E-state index contributed by atoms with van der Waals surface area (Å²) in [6.45, 7) is 2.01. The fraction of sp³-hybridized carbons (Fsp3) is 0.105. The Hall–Kier alpha value is -3.41. The van der Waals surface area contributed by atoms with Gasteiger partial charge in [-0.1, -0.05) is 18.2 Å². The van der Waals surface area contributed by atoms with E-state index in [-0.39, 0.29) is 11.6 Å². The van der Waals surface area contributed by atoms with Crippen LogP contribution in [0.15, 0.2) is 60.9 Å². The minimum absolute atomic E-state index is 0.242. The third-order valence-corrected chi connectivity index (χ3v) is 3.64. The predicted molar refractivity (Wildman–Crippen MR) is 97.4 cm³/mol. The molecule has 126 valence electrons. The van der Waals surface area contributed by atoms with Crippen LogP contribution in [0.2, 0.25) is 0 Å². The van der Waals surface area contributed by atoms with E-state index < -0.39 is 0 Å². The van der Waals surface area contributed by atoms with Gasteiger partial charge < -0.3 is 15.4 Å². The van der Waals surface area contributed by atoms with Gasteiger partial charge in [-0.2, -0.15) is 0 Å². The first-order valence-electron chi connectivity index (χ1n) is 7.76. The van der Waals surface area contributed by atoms with E-state index in [9.17, 15) is 4.79 Å². The van der Waals surface area contributed by atoms with E-state index in [1.54, 1.807) is 31.4 Å². The van der Waals surface area contributed by atoms with Gasteiger partial charge in [-0.25, -0.2) is 9.97 Å². The fourth-order valence-electron chi connectivity index (χ4n) is 2.23. The van der Waals surface area contributed by atoms with E-state index in [2.05, 4.69) is 20.6 Å². The number of carbonyl (C=O) groups excluding carboxylic acids is 1. The summed E-state index contributed by atoms with van der Waals surface area (Å²) in [5.41, 5.74) is 2.96. The average Bonchev–Trinajstić information content (AvgIpc) is 2.65. The molecule has 3 rings (SSSR count). The third-order valence-electron chi connectivity index (χ3n) is 3.64. The molecule has 0 aliphatic heterocycles. The molecule has 2 aromatic carbocycles. The van der Waals surface area contributed by atoms with Gasteiger partial charge in [-0.15, -0.1) is 0 Å². The molecule has 2 N–H and O–H groups in total. The summed E-state index contributed by atoms with van der Waals surface area (Å²) in [4.78, 5) is 20.7. The standard InChI is InChI=1S/C19H18N4O2/c1-13-5-3-4-6-16(13)23-18-12-20-17(11-21-18)19(24)22-14-7-9-15(25-2)10-8-14/h3-12H,1-2H3,(H,21,23)(H,22,24). The van der Waals surface area contributed by atoms with Crippen molar-refractivity contribution in [2.45, 2.75) is 6.92 Å². The maximum Gasteiger partial charge on any atom is 0.275 e. The molecule has 0 unspecified atom stereocenters. The second-order valence-electron chi connectivity index (χ2n) is 5.41. The van der Waals surface area contributed by atoms with Gasteiger partial charge in [0, 0.05) is 11.4 Å². The second kappa shape index (κ2) is 7.44. The molecule has 0 saturated heterocycles. The summed E-state index contributed by atoms with van der Waals surface area (Å²) in [5.74, 6) is 0.986. The van der Waals surface area contributed by atoms with Crippen molar-refractivity contribution >= 4 is 23.1 Å². The number of nitrogens with one attached hydrogen (secondary N) is 2. The highest BCUT2D eigenvalue weighted by molar-refractivity contribution is 6.02. The lowest BCUT2D eigenvalue weighted by Crippen LogP contribution is -2.14. The predicted octanol–water partition coefficient (Wildman–Crippen LogP) is 3.79. The summed E-state index contributed by atoms with van der Waals surface area (Å²) in [7, 11) is 1.59. The second-order valence-corrected chi connectivity index (χ2v) is 5.41. The maximum atomic E-state index is 12.2. The Morgan fingerprint density at radius 1 is 1.00 bits per heavy atom. The van der Waals surface area contributed by atoms with E-state index in [0.29, 0.717) is 11.5 Å². The Balaban J connectivity index is 1.66. The van der Waals surface area contributed by atoms with E-state index in [0.717, 1.165) is 17.0 Å². The lowest BCUT2D eigenvalue weighted by molar-refractivity contribution is 0.102. The number of aryl methyl sites for hydroxylation is 1. The monoisotopic (exact) mass is 334 g/mol. The molecule has 0 atom stereocenters. The molecule has 3 aromatic rings. The van der Waals surface area contributed by atoms with Gasteiger partial charge in [0.2, 0.25) is 0 Å². The van der Waals surface area contributed by atoms with Crippen molar-refractivity contribution in [2.75, 3.05) is 17.7 Å². The lowest BCUT2D eigenvalue weighted by Gasteiger charge is -2.09. The number of hydrogen-bond acceptors (Lipinski definition) is 5. The van der Waals surface area contributed by atoms with Gasteiger partial charge in [0.15, 0.2) is 0 Å². The van der Waals surface area contributed by atoms with E-state index in [4.69, 9.17) is 4.74 Å². The summed E-state index contributed by atoms with van der Waals surface area (Å²) < 4.78 is 5.09. The van der Waals surface area contributed by atoms with Crippen LogP contribution in [0.25, 0.3) is 0 Å². The van der Waals surface area contributed by atoms with Gasteiger partial charge in [0.05, 0.1) is 19.5 Å². The molecule has 0 aliphatic carbocycles. The molecule has 25 heavy (non-hydrogen) atoms. The van der Waals surface area contributed by atoms with Gasteiger partial charge in [0.1, 0.15) is 17.3 Å². The largest absolute Gasteiger partial charge is 0.497 e. The quantitative estimate of drug-likeness (QED) is 0.742. The number of amides is 1. The van der Waals surface area contributed by atoms with Crippen LogP contribution in [-0.2, 0) is 0 Å². The molecule has 0 spiro atoms. The van der Waals surface area contributed by atoms with Crippen molar-refractivity contribution < 1.29 is 9.53 Å². The first-order valence-corrected chi connectivity index (χ1v) is 7.76. The van der Waals surface area contributed by atoms with Crippen LogP contribution in [-0.4, -0.2) is 23.0 Å². The van der Waals surface area contributed by atoms with E-state index in [1.165, 1.54) is 12.4 Å². The van der Waals surface area contributed by atoms with Crippen LogP contribution >= 0.6 is 0 Å². The van der Waals surface area contributed by atoms with Crippen LogP contribution in [0.4, 0.5) is 17.2 Å². The van der Waals surface area contributed by atoms with Gasteiger partial charge >= 0.3 is 0 Å². The van der Waals surface area contributed by atoms with Crippen molar-refractivity contribution in [3.8, 4) is 5.75 Å². The first-order chi connectivity index (χ1) is 12.2. The number of anilines is 3. The van der Waals surface area contributed by atoms with E-state index in [1.807, 2.05) is 31.2 Å². The Kier molecular flexibility index (Phi) is 4.89. The number of ether oxygens (including phenoxy) is 1. The zero-order valence-electron chi connectivity index (χ0n) is 14.0. The molecule has 0 aliphatic rings. The molecule has 1 aromatic heterocycles. The molecule has 6 heteroatoms. The van der Waals surface area contributed by atoms with Crippen molar-refractivity contribution in [3.05, 3.63) is 72.2 Å². The molecule has 1 amide bonds. The van der Waals surface area contributed by atoms with Crippen LogP contribution in [0.1, 0.15) is 16.1 Å². The number of hydrogen-bond donors (Lipinski definition) is 2. The zero-order chi connectivity index (χ0) is 17.6. The lowest BCUT2D eigenvalue weighted by atomic mass is 10.2. The third kappa shape index (κ3) is 4.11. The molecular weight excluding hydrogens is 316 g/mol. The summed E-state index contributed by atoms with van der Waals surface area (Å²) >= 11 is 0. The molecule has 0 saturated carbocycles. The first kappa shape index (κ1) is 16.4. The summed E-state index contributed by atoms with van der Waals surface area (Å²) in [6.07, 6.45) is 2.98. The maximum absolute atomic E-state index is 12.2. The van der Waals surface area contributed by atoms with E-state index >= 15 is 0 Å². The number of carbonyl (C=O) groups is 1. The van der Waals surface area contributed by atoms with Crippen molar-refractivity contribution in [3.63, 3.8) is 0 Å². The Morgan fingerprint density at radius 3 is 2.40 bits per heavy atom.